The predicted molar refractivity (Wildman–Crippen MR) is 67.3 cm³/mol. The summed E-state index contributed by atoms with van der Waals surface area (Å²) in [5.74, 6) is 0. The van der Waals surface area contributed by atoms with Gasteiger partial charge in [-0.1, -0.05) is 0 Å². The van der Waals surface area contributed by atoms with Gasteiger partial charge in [-0.15, -0.1) is 0 Å². The maximum absolute atomic E-state index is 4.15. The van der Waals surface area contributed by atoms with Gasteiger partial charge in [-0.3, -0.25) is 9.67 Å². The van der Waals surface area contributed by atoms with Crippen LogP contribution in [0.3, 0.4) is 0 Å². The van der Waals surface area contributed by atoms with Crippen molar-refractivity contribution >= 4 is 21.6 Å². The monoisotopic (exact) mass is 280 g/mol. The number of nitrogens with zero attached hydrogens (tertiary/aromatic N) is 3. The van der Waals surface area contributed by atoms with Gasteiger partial charge in [0.1, 0.15) is 0 Å². The highest BCUT2D eigenvalue weighted by atomic mass is 79.9. The molecular formula is C11H13BrN4. The van der Waals surface area contributed by atoms with Gasteiger partial charge in [-0.2, -0.15) is 5.10 Å². The van der Waals surface area contributed by atoms with Gasteiger partial charge < -0.3 is 5.32 Å². The molecule has 0 aliphatic carbocycles. The Morgan fingerprint density at radius 1 is 1.38 bits per heavy atom. The Labute approximate surface area is 103 Å². The number of rotatable bonds is 5. The summed E-state index contributed by atoms with van der Waals surface area (Å²) in [6, 6.07) is 3.89. The topological polar surface area (TPSA) is 42.7 Å². The molecule has 0 bridgehead atoms. The molecular weight excluding hydrogens is 268 g/mol. The molecule has 0 radical (unpaired) electrons. The highest BCUT2D eigenvalue weighted by Crippen LogP contribution is 2.19. The second-order valence-electron chi connectivity index (χ2n) is 3.40. The second-order valence-corrected chi connectivity index (χ2v) is 4.26. The van der Waals surface area contributed by atoms with Crippen molar-refractivity contribution in [2.24, 2.45) is 0 Å². The minimum atomic E-state index is 0.919. The van der Waals surface area contributed by atoms with Gasteiger partial charge in [-0.25, -0.2) is 0 Å². The van der Waals surface area contributed by atoms with Crippen LogP contribution < -0.4 is 5.32 Å². The smallest absolute Gasteiger partial charge is 0.0590 e. The molecule has 0 saturated carbocycles. The molecule has 0 fully saturated rings. The SMILES string of the molecule is Brc1cnccc1NCCCn1cccn1. The molecule has 2 aromatic rings. The zero-order valence-corrected chi connectivity index (χ0v) is 10.4. The summed E-state index contributed by atoms with van der Waals surface area (Å²) in [6.45, 7) is 1.85. The lowest BCUT2D eigenvalue weighted by molar-refractivity contribution is 0.592. The molecule has 0 atom stereocenters. The summed E-state index contributed by atoms with van der Waals surface area (Å²) in [4.78, 5) is 4.01. The van der Waals surface area contributed by atoms with E-state index in [4.69, 9.17) is 0 Å². The fourth-order valence-corrected chi connectivity index (χ4v) is 1.81. The van der Waals surface area contributed by atoms with Gasteiger partial charge in [-0.05, 0) is 34.5 Å². The van der Waals surface area contributed by atoms with Crippen LogP contribution in [0.25, 0.3) is 0 Å². The summed E-state index contributed by atoms with van der Waals surface area (Å²) in [5, 5.41) is 7.50. The number of nitrogens with one attached hydrogen (secondary N) is 1. The third-order valence-electron chi connectivity index (χ3n) is 2.21. The van der Waals surface area contributed by atoms with Gasteiger partial charge in [0.05, 0.1) is 10.2 Å². The Morgan fingerprint density at radius 3 is 3.06 bits per heavy atom. The quantitative estimate of drug-likeness (QED) is 0.856. The van der Waals surface area contributed by atoms with Crippen LogP contribution in [0.4, 0.5) is 5.69 Å². The molecule has 2 rings (SSSR count). The van der Waals surface area contributed by atoms with Crippen molar-refractivity contribution in [3.05, 3.63) is 41.4 Å². The van der Waals surface area contributed by atoms with Gasteiger partial charge in [0.15, 0.2) is 0 Å². The molecule has 2 heterocycles. The van der Waals surface area contributed by atoms with Crippen LogP contribution in [0.15, 0.2) is 41.4 Å². The molecule has 84 valence electrons. The highest BCUT2D eigenvalue weighted by molar-refractivity contribution is 9.10. The lowest BCUT2D eigenvalue weighted by Gasteiger charge is -2.07. The number of aryl methyl sites for hydroxylation is 1. The van der Waals surface area contributed by atoms with Crippen LogP contribution >= 0.6 is 15.9 Å². The fraction of sp³-hybridized carbons (Fsp3) is 0.273. The Kier molecular flexibility index (Phi) is 3.93. The van der Waals surface area contributed by atoms with E-state index in [0.717, 1.165) is 29.7 Å². The minimum absolute atomic E-state index is 0.919. The lowest BCUT2D eigenvalue weighted by atomic mass is 10.3. The number of halogens is 1. The number of pyridine rings is 1. The van der Waals surface area contributed by atoms with Crippen molar-refractivity contribution in [2.75, 3.05) is 11.9 Å². The van der Waals surface area contributed by atoms with E-state index in [1.54, 1.807) is 18.6 Å². The molecule has 0 spiro atoms. The zero-order valence-electron chi connectivity index (χ0n) is 8.81. The molecule has 0 amide bonds. The maximum Gasteiger partial charge on any atom is 0.0590 e. The van der Waals surface area contributed by atoms with Crippen LogP contribution in [0.2, 0.25) is 0 Å². The van der Waals surface area contributed by atoms with Gasteiger partial charge in [0.2, 0.25) is 0 Å². The zero-order chi connectivity index (χ0) is 11.2. The number of hydrogen-bond acceptors (Lipinski definition) is 3. The normalized spacial score (nSPS) is 10.3. The first-order valence-corrected chi connectivity index (χ1v) is 5.96. The Morgan fingerprint density at radius 2 is 2.31 bits per heavy atom. The molecule has 0 unspecified atom stereocenters. The van der Waals surface area contributed by atoms with Crippen LogP contribution in [0.1, 0.15) is 6.42 Å². The van der Waals surface area contributed by atoms with Crippen molar-refractivity contribution in [3.63, 3.8) is 0 Å². The molecule has 1 N–H and O–H groups in total. The fourth-order valence-electron chi connectivity index (χ4n) is 1.42. The van der Waals surface area contributed by atoms with Crippen LogP contribution in [0.5, 0.6) is 0 Å². The van der Waals surface area contributed by atoms with E-state index in [1.807, 2.05) is 23.0 Å². The van der Waals surface area contributed by atoms with Crippen LogP contribution in [-0.2, 0) is 6.54 Å². The summed E-state index contributed by atoms with van der Waals surface area (Å²) in [5.41, 5.74) is 1.08. The third kappa shape index (κ3) is 3.06. The van der Waals surface area contributed by atoms with Crippen molar-refractivity contribution in [1.82, 2.24) is 14.8 Å². The lowest BCUT2D eigenvalue weighted by Crippen LogP contribution is -2.07. The molecule has 16 heavy (non-hydrogen) atoms. The minimum Gasteiger partial charge on any atom is -0.384 e. The van der Waals surface area contributed by atoms with Crippen LogP contribution in [-0.4, -0.2) is 21.3 Å². The van der Waals surface area contributed by atoms with E-state index in [1.165, 1.54) is 0 Å². The Hall–Kier alpha value is -1.36. The molecule has 0 aromatic carbocycles. The number of hydrogen-bond donors (Lipinski definition) is 1. The van der Waals surface area contributed by atoms with E-state index in [0.29, 0.717) is 0 Å². The van der Waals surface area contributed by atoms with E-state index in [-0.39, 0.29) is 0 Å². The van der Waals surface area contributed by atoms with Crippen molar-refractivity contribution in [2.45, 2.75) is 13.0 Å². The Bertz CT molecular complexity index is 427. The first-order valence-electron chi connectivity index (χ1n) is 5.17. The van der Waals surface area contributed by atoms with Gasteiger partial charge >= 0.3 is 0 Å². The summed E-state index contributed by atoms with van der Waals surface area (Å²) >= 11 is 3.44. The predicted octanol–water partition coefficient (Wildman–Crippen LogP) is 2.54. The Balaban J connectivity index is 1.74. The summed E-state index contributed by atoms with van der Waals surface area (Å²) in [7, 11) is 0. The van der Waals surface area contributed by atoms with E-state index in [2.05, 4.69) is 31.3 Å². The molecule has 0 aliphatic heterocycles. The first kappa shape index (κ1) is 11.1. The highest BCUT2D eigenvalue weighted by Gasteiger charge is 1.97. The van der Waals surface area contributed by atoms with Crippen LogP contribution in [0, 0.1) is 0 Å². The number of anilines is 1. The number of aromatic nitrogens is 3. The van der Waals surface area contributed by atoms with Crippen molar-refractivity contribution in [3.8, 4) is 0 Å². The van der Waals surface area contributed by atoms with Crippen molar-refractivity contribution in [1.29, 1.82) is 0 Å². The molecule has 2 aromatic heterocycles. The third-order valence-corrected chi connectivity index (χ3v) is 2.84. The largest absolute Gasteiger partial charge is 0.384 e. The van der Waals surface area contributed by atoms with E-state index in [9.17, 15) is 0 Å². The molecule has 5 heteroatoms. The average Bonchev–Trinajstić information content (AvgIpc) is 2.79. The van der Waals surface area contributed by atoms with E-state index >= 15 is 0 Å². The second kappa shape index (κ2) is 5.65. The summed E-state index contributed by atoms with van der Waals surface area (Å²) in [6.07, 6.45) is 8.38. The van der Waals surface area contributed by atoms with Crippen molar-refractivity contribution < 1.29 is 0 Å². The maximum atomic E-state index is 4.15. The standard InChI is InChI=1S/C11H13BrN4/c12-10-9-13-6-3-11(10)14-4-1-7-16-8-2-5-15-16/h2-3,5-6,8-9H,1,4,7H2,(H,13,14). The molecule has 0 saturated heterocycles. The van der Waals surface area contributed by atoms with Gasteiger partial charge in [0, 0.05) is 37.9 Å². The molecule has 0 aliphatic rings. The molecule has 4 nitrogen and oxygen atoms in total. The average molecular weight is 281 g/mol. The summed E-state index contributed by atoms with van der Waals surface area (Å²) < 4.78 is 2.93. The first-order chi connectivity index (χ1) is 7.86. The van der Waals surface area contributed by atoms with Gasteiger partial charge in [0.25, 0.3) is 0 Å². The van der Waals surface area contributed by atoms with E-state index < -0.39 is 0 Å².